The van der Waals surface area contributed by atoms with Gasteiger partial charge in [0.05, 0.1) is 16.6 Å². The van der Waals surface area contributed by atoms with Gasteiger partial charge in [-0.25, -0.2) is 9.97 Å². The highest BCUT2D eigenvalue weighted by atomic mass is 32.1. The van der Waals surface area contributed by atoms with Crippen LogP contribution in [0.5, 0.6) is 0 Å². The fourth-order valence-electron chi connectivity index (χ4n) is 2.95. The highest BCUT2D eigenvalue weighted by Gasteiger charge is 2.27. The average molecular weight is 354 g/mol. The van der Waals surface area contributed by atoms with Crippen LogP contribution in [0.1, 0.15) is 43.2 Å². The highest BCUT2D eigenvalue weighted by Crippen LogP contribution is 2.40. The van der Waals surface area contributed by atoms with E-state index in [-0.39, 0.29) is 11.5 Å². The standard InChI is InChI=1S/C18H18N4O2S/c1-10(16(23)21-18-20-15(9-25-18)12-7-8-12)22-11(2)19-14-6-4-3-5-13(14)17(22)24/h3-6,9-10,12H,7-8H2,1-2H3,(H,20,21,23)/t10-/m0/s1. The number of carbonyl (C=O) groups excluding carboxylic acids is 1. The van der Waals surface area contributed by atoms with Gasteiger partial charge in [-0.05, 0) is 38.8 Å². The van der Waals surface area contributed by atoms with E-state index in [1.165, 1.54) is 28.7 Å². The largest absolute Gasteiger partial charge is 0.300 e. The molecule has 1 aromatic carbocycles. The number of hydrogen-bond acceptors (Lipinski definition) is 5. The summed E-state index contributed by atoms with van der Waals surface area (Å²) >= 11 is 1.42. The van der Waals surface area contributed by atoms with Crippen molar-refractivity contribution in [2.24, 2.45) is 0 Å². The van der Waals surface area contributed by atoms with Crippen LogP contribution in [0.3, 0.4) is 0 Å². The number of hydrogen-bond donors (Lipinski definition) is 1. The van der Waals surface area contributed by atoms with Crippen LogP contribution in [0.4, 0.5) is 5.13 Å². The predicted octanol–water partition coefficient (Wildman–Crippen LogP) is 3.24. The van der Waals surface area contributed by atoms with Crippen molar-refractivity contribution in [3.63, 3.8) is 0 Å². The molecule has 1 N–H and O–H groups in total. The summed E-state index contributed by atoms with van der Waals surface area (Å²) in [7, 11) is 0. The number of para-hydroxylation sites is 1. The van der Waals surface area contributed by atoms with Crippen LogP contribution >= 0.6 is 11.3 Å². The molecule has 1 aliphatic rings. The first-order valence-corrected chi connectivity index (χ1v) is 9.16. The van der Waals surface area contributed by atoms with Crippen molar-refractivity contribution in [2.45, 2.75) is 38.6 Å². The molecule has 3 aromatic rings. The highest BCUT2D eigenvalue weighted by molar-refractivity contribution is 7.13. The normalized spacial score (nSPS) is 15.3. The molecule has 6 nitrogen and oxygen atoms in total. The van der Waals surface area contributed by atoms with Gasteiger partial charge in [0.1, 0.15) is 11.9 Å². The molecule has 0 saturated heterocycles. The van der Waals surface area contributed by atoms with Gasteiger partial charge >= 0.3 is 0 Å². The summed E-state index contributed by atoms with van der Waals surface area (Å²) in [4.78, 5) is 34.3. The van der Waals surface area contributed by atoms with E-state index >= 15 is 0 Å². The summed E-state index contributed by atoms with van der Waals surface area (Å²) in [6, 6.07) is 6.50. The van der Waals surface area contributed by atoms with E-state index in [2.05, 4.69) is 15.3 Å². The van der Waals surface area contributed by atoms with Crippen molar-refractivity contribution in [1.82, 2.24) is 14.5 Å². The van der Waals surface area contributed by atoms with E-state index in [1.54, 1.807) is 32.0 Å². The van der Waals surface area contributed by atoms with Crippen molar-refractivity contribution in [1.29, 1.82) is 0 Å². The van der Waals surface area contributed by atoms with Gasteiger partial charge in [0.25, 0.3) is 5.56 Å². The third-order valence-corrected chi connectivity index (χ3v) is 5.27. The van der Waals surface area contributed by atoms with E-state index in [4.69, 9.17) is 0 Å². The van der Waals surface area contributed by atoms with Gasteiger partial charge in [-0.15, -0.1) is 11.3 Å². The fourth-order valence-corrected chi connectivity index (χ4v) is 3.75. The lowest BCUT2D eigenvalue weighted by atomic mass is 10.2. The van der Waals surface area contributed by atoms with Gasteiger partial charge in [-0.3, -0.25) is 14.2 Å². The predicted molar refractivity (Wildman–Crippen MR) is 98.2 cm³/mol. The van der Waals surface area contributed by atoms with Gasteiger partial charge in [0, 0.05) is 11.3 Å². The third-order valence-electron chi connectivity index (χ3n) is 4.50. The number of aromatic nitrogens is 3. The summed E-state index contributed by atoms with van der Waals surface area (Å²) in [5, 5.41) is 5.91. The van der Waals surface area contributed by atoms with Gasteiger partial charge in [-0.2, -0.15) is 0 Å². The molecule has 1 amide bonds. The van der Waals surface area contributed by atoms with E-state index in [1.807, 2.05) is 11.4 Å². The van der Waals surface area contributed by atoms with E-state index in [0.29, 0.717) is 27.8 Å². The Bertz CT molecular complexity index is 1020. The fraction of sp³-hybridized carbons (Fsp3) is 0.333. The minimum absolute atomic E-state index is 0.205. The summed E-state index contributed by atoms with van der Waals surface area (Å²) in [6.45, 7) is 3.45. The maximum Gasteiger partial charge on any atom is 0.262 e. The minimum Gasteiger partial charge on any atom is -0.300 e. The number of benzene rings is 1. The molecule has 1 saturated carbocycles. The van der Waals surface area contributed by atoms with Gasteiger partial charge in [0.15, 0.2) is 5.13 Å². The Balaban J connectivity index is 1.63. The smallest absolute Gasteiger partial charge is 0.262 e. The van der Waals surface area contributed by atoms with Crippen LogP contribution in [0.15, 0.2) is 34.4 Å². The number of fused-ring (bicyclic) bond motifs is 1. The first kappa shape index (κ1) is 16.0. The molecule has 0 aliphatic heterocycles. The molecule has 7 heteroatoms. The molecule has 0 radical (unpaired) electrons. The van der Waals surface area contributed by atoms with E-state index in [0.717, 1.165) is 5.69 Å². The Hall–Kier alpha value is -2.54. The van der Waals surface area contributed by atoms with Crippen LogP contribution in [0.25, 0.3) is 10.9 Å². The molecule has 25 heavy (non-hydrogen) atoms. The lowest BCUT2D eigenvalue weighted by molar-refractivity contribution is -0.118. The van der Waals surface area contributed by atoms with Crippen molar-refractivity contribution >= 4 is 33.3 Å². The maximum atomic E-state index is 12.8. The van der Waals surface area contributed by atoms with E-state index in [9.17, 15) is 9.59 Å². The number of carbonyl (C=O) groups is 1. The molecular weight excluding hydrogens is 336 g/mol. The van der Waals surface area contributed by atoms with Crippen LogP contribution in [0.2, 0.25) is 0 Å². The van der Waals surface area contributed by atoms with Crippen molar-refractivity contribution < 1.29 is 4.79 Å². The van der Waals surface area contributed by atoms with Crippen molar-refractivity contribution in [3.8, 4) is 0 Å². The molecule has 0 unspecified atom stereocenters. The molecular formula is C18H18N4O2S. The second kappa shape index (κ2) is 6.07. The molecule has 1 aliphatic carbocycles. The quantitative estimate of drug-likeness (QED) is 0.780. The first-order chi connectivity index (χ1) is 12.0. The van der Waals surface area contributed by atoms with Gasteiger partial charge < -0.3 is 5.32 Å². The topological polar surface area (TPSA) is 76.9 Å². The molecule has 4 rings (SSSR count). The number of nitrogens with one attached hydrogen (secondary N) is 1. The summed E-state index contributed by atoms with van der Waals surface area (Å²) < 4.78 is 1.44. The summed E-state index contributed by atoms with van der Waals surface area (Å²) in [6.07, 6.45) is 2.34. The van der Waals surface area contributed by atoms with Crippen molar-refractivity contribution in [2.75, 3.05) is 5.32 Å². The second-order valence-electron chi connectivity index (χ2n) is 6.37. The lowest BCUT2D eigenvalue weighted by Gasteiger charge is -2.17. The van der Waals surface area contributed by atoms with Crippen molar-refractivity contribution in [3.05, 3.63) is 51.5 Å². The molecule has 0 bridgehead atoms. The van der Waals surface area contributed by atoms with E-state index < -0.39 is 6.04 Å². The van der Waals surface area contributed by atoms with Crippen LogP contribution in [0, 0.1) is 6.92 Å². The Morgan fingerprint density at radius 2 is 2.08 bits per heavy atom. The Kier molecular flexibility index (Phi) is 3.88. The number of aryl methyl sites for hydroxylation is 1. The SMILES string of the molecule is Cc1nc2ccccc2c(=O)n1[C@@H](C)C(=O)Nc1nc(C2CC2)cs1. The molecule has 0 spiro atoms. The first-order valence-electron chi connectivity index (χ1n) is 8.29. The maximum absolute atomic E-state index is 12.8. The summed E-state index contributed by atoms with van der Waals surface area (Å²) in [5.41, 5.74) is 1.49. The number of amides is 1. The Labute approximate surface area is 148 Å². The van der Waals surface area contributed by atoms with Crippen LogP contribution < -0.4 is 10.9 Å². The molecule has 128 valence electrons. The summed E-state index contributed by atoms with van der Waals surface area (Å²) in [5.74, 6) is 0.803. The van der Waals surface area contributed by atoms with Crippen LogP contribution in [-0.4, -0.2) is 20.4 Å². The van der Waals surface area contributed by atoms with Gasteiger partial charge in [-0.1, -0.05) is 12.1 Å². The Morgan fingerprint density at radius 1 is 1.32 bits per heavy atom. The average Bonchev–Trinajstić information content (AvgIpc) is 3.34. The number of anilines is 1. The Morgan fingerprint density at radius 3 is 2.84 bits per heavy atom. The molecule has 1 atom stereocenters. The van der Waals surface area contributed by atoms with Crippen LogP contribution in [-0.2, 0) is 4.79 Å². The minimum atomic E-state index is -0.669. The molecule has 2 heterocycles. The number of nitrogens with zero attached hydrogens (tertiary/aromatic N) is 3. The lowest BCUT2D eigenvalue weighted by Crippen LogP contribution is -2.33. The molecule has 2 aromatic heterocycles. The molecule has 1 fully saturated rings. The monoisotopic (exact) mass is 354 g/mol. The zero-order valence-corrected chi connectivity index (χ0v) is 14.8. The van der Waals surface area contributed by atoms with Gasteiger partial charge in [0.2, 0.25) is 5.91 Å². The zero-order valence-electron chi connectivity index (χ0n) is 14.0. The second-order valence-corrected chi connectivity index (χ2v) is 7.23. The number of rotatable bonds is 4. The number of thiazole rings is 1. The zero-order chi connectivity index (χ0) is 17.6. The third kappa shape index (κ3) is 2.95.